The Balaban J connectivity index is 2.13. The molecule has 0 unspecified atom stereocenters. The van der Waals surface area contributed by atoms with Crippen molar-refractivity contribution in [3.8, 4) is 5.75 Å². The van der Waals surface area contributed by atoms with Gasteiger partial charge in [-0.15, -0.1) is 0 Å². The number of hydrogen-bond acceptors (Lipinski definition) is 4. The van der Waals surface area contributed by atoms with E-state index in [9.17, 15) is 14.5 Å². The Bertz CT molecular complexity index is 659. The normalized spacial score (nSPS) is 10.3. The standard InChI is InChI=1S/C14H13FN2O3/c1-9-2-4-11(15)14(6-9)20-8-10-3-5-13(17(18)19)12(16)7-10/h2-7H,8,16H2,1H3. The summed E-state index contributed by atoms with van der Waals surface area (Å²) in [5, 5.41) is 10.6. The van der Waals surface area contributed by atoms with Crippen LogP contribution in [0.15, 0.2) is 36.4 Å². The number of nitrogens with two attached hydrogens (primary N) is 1. The number of benzene rings is 2. The van der Waals surface area contributed by atoms with E-state index in [1.807, 2.05) is 6.92 Å². The van der Waals surface area contributed by atoms with E-state index >= 15 is 0 Å². The smallest absolute Gasteiger partial charge is 0.292 e. The van der Waals surface area contributed by atoms with Crippen molar-refractivity contribution in [3.05, 3.63) is 63.5 Å². The van der Waals surface area contributed by atoms with Gasteiger partial charge in [0.2, 0.25) is 0 Å². The van der Waals surface area contributed by atoms with Crippen LogP contribution in [0.3, 0.4) is 0 Å². The minimum Gasteiger partial charge on any atom is -0.486 e. The maximum absolute atomic E-state index is 13.5. The first kappa shape index (κ1) is 13.8. The average molecular weight is 276 g/mol. The quantitative estimate of drug-likeness (QED) is 0.528. The molecule has 0 aliphatic carbocycles. The van der Waals surface area contributed by atoms with E-state index in [4.69, 9.17) is 10.5 Å². The Kier molecular flexibility index (Phi) is 3.84. The summed E-state index contributed by atoms with van der Waals surface area (Å²) in [5.41, 5.74) is 6.99. The first-order valence-corrected chi connectivity index (χ1v) is 5.89. The van der Waals surface area contributed by atoms with Crippen LogP contribution in [-0.2, 0) is 6.61 Å². The largest absolute Gasteiger partial charge is 0.486 e. The number of hydrogen-bond donors (Lipinski definition) is 1. The van der Waals surface area contributed by atoms with Crippen LogP contribution in [0, 0.1) is 22.9 Å². The van der Waals surface area contributed by atoms with E-state index in [0.29, 0.717) is 5.56 Å². The molecule has 0 amide bonds. The topological polar surface area (TPSA) is 78.4 Å². The van der Waals surface area contributed by atoms with Crippen molar-refractivity contribution in [2.45, 2.75) is 13.5 Å². The molecular formula is C14H13FN2O3. The van der Waals surface area contributed by atoms with Gasteiger partial charge in [0.15, 0.2) is 11.6 Å². The van der Waals surface area contributed by atoms with E-state index < -0.39 is 10.7 Å². The van der Waals surface area contributed by atoms with Gasteiger partial charge in [0, 0.05) is 6.07 Å². The Morgan fingerprint density at radius 1 is 1.30 bits per heavy atom. The fourth-order valence-corrected chi connectivity index (χ4v) is 1.74. The third-order valence-corrected chi connectivity index (χ3v) is 2.77. The van der Waals surface area contributed by atoms with Gasteiger partial charge in [0.05, 0.1) is 4.92 Å². The number of ether oxygens (including phenoxy) is 1. The molecule has 0 saturated heterocycles. The number of nitrogens with zero attached hydrogens (tertiary/aromatic N) is 1. The molecule has 104 valence electrons. The van der Waals surface area contributed by atoms with E-state index in [0.717, 1.165) is 5.56 Å². The third-order valence-electron chi connectivity index (χ3n) is 2.77. The molecule has 0 heterocycles. The number of rotatable bonds is 4. The molecule has 0 spiro atoms. The van der Waals surface area contributed by atoms with Crippen molar-refractivity contribution >= 4 is 11.4 Å². The predicted octanol–water partition coefficient (Wildman–Crippen LogP) is 3.20. The summed E-state index contributed by atoms with van der Waals surface area (Å²) in [6.45, 7) is 1.92. The molecule has 2 rings (SSSR count). The highest BCUT2D eigenvalue weighted by molar-refractivity contribution is 5.59. The van der Waals surface area contributed by atoms with Crippen LogP contribution in [-0.4, -0.2) is 4.92 Å². The number of halogens is 1. The second-order valence-electron chi connectivity index (χ2n) is 4.37. The second kappa shape index (κ2) is 5.56. The van der Waals surface area contributed by atoms with Gasteiger partial charge in [0.25, 0.3) is 5.69 Å². The SMILES string of the molecule is Cc1ccc(F)c(OCc2ccc([N+](=O)[O-])c(N)c2)c1. The number of anilines is 1. The fourth-order valence-electron chi connectivity index (χ4n) is 1.74. The third kappa shape index (κ3) is 3.03. The minimum atomic E-state index is -0.555. The predicted molar refractivity (Wildman–Crippen MR) is 73.0 cm³/mol. The van der Waals surface area contributed by atoms with Crippen LogP contribution >= 0.6 is 0 Å². The summed E-state index contributed by atoms with van der Waals surface area (Å²) in [5.74, 6) is -0.313. The summed E-state index contributed by atoms with van der Waals surface area (Å²) < 4.78 is 18.8. The van der Waals surface area contributed by atoms with Gasteiger partial charge in [-0.25, -0.2) is 4.39 Å². The van der Waals surface area contributed by atoms with E-state index in [1.165, 1.54) is 24.3 Å². The monoisotopic (exact) mass is 276 g/mol. The highest BCUT2D eigenvalue weighted by Crippen LogP contribution is 2.24. The molecule has 20 heavy (non-hydrogen) atoms. The molecule has 6 heteroatoms. The highest BCUT2D eigenvalue weighted by Gasteiger charge is 2.11. The summed E-state index contributed by atoms with van der Waals surface area (Å²) in [7, 11) is 0. The molecule has 0 atom stereocenters. The molecule has 0 aromatic heterocycles. The molecule has 2 aromatic carbocycles. The molecule has 0 saturated carbocycles. The van der Waals surface area contributed by atoms with Crippen LogP contribution in [0.4, 0.5) is 15.8 Å². The Morgan fingerprint density at radius 2 is 2.05 bits per heavy atom. The van der Waals surface area contributed by atoms with Crippen molar-refractivity contribution in [1.29, 1.82) is 0 Å². The van der Waals surface area contributed by atoms with Gasteiger partial charge < -0.3 is 10.5 Å². The summed E-state index contributed by atoms with van der Waals surface area (Å²) >= 11 is 0. The number of nitro benzene ring substituents is 1. The van der Waals surface area contributed by atoms with Gasteiger partial charge in [-0.2, -0.15) is 0 Å². The van der Waals surface area contributed by atoms with Crippen LogP contribution in [0.5, 0.6) is 5.75 Å². The summed E-state index contributed by atoms with van der Waals surface area (Å²) in [4.78, 5) is 10.1. The summed E-state index contributed by atoms with van der Waals surface area (Å²) in [6.07, 6.45) is 0. The zero-order chi connectivity index (χ0) is 14.7. The van der Waals surface area contributed by atoms with Gasteiger partial charge in [-0.1, -0.05) is 6.07 Å². The maximum Gasteiger partial charge on any atom is 0.292 e. The molecule has 0 aliphatic heterocycles. The number of nitrogen functional groups attached to an aromatic ring is 1. The highest BCUT2D eigenvalue weighted by atomic mass is 19.1. The lowest BCUT2D eigenvalue weighted by Gasteiger charge is -2.08. The van der Waals surface area contributed by atoms with Crippen molar-refractivity contribution in [2.24, 2.45) is 0 Å². The molecular weight excluding hydrogens is 263 g/mol. The van der Waals surface area contributed by atoms with Crippen LogP contribution < -0.4 is 10.5 Å². The lowest BCUT2D eigenvalue weighted by atomic mass is 10.2. The van der Waals surface area contributed by atoms with Crippen molar-refractivity contribution in [2.75, 3.05) is 5.73 Å². The number of nitro groups is 1. The molecule has 0 aliphatic rings. The van der Waals surface area contributed by atoms with Gasteiger partial charge in [-0.05, 0) is 42.3 Å². The van der Waals surface area contributed by atoms with E-state index in [-0.39, 0.29) is 23.7 Å². The van der Waals surface area contributed by atoms with Crippen molar-refractivity contribution in [1.82, 2.24) is 0 Å². The molecule has 5 nitrogen and oxygen atoms in total. The van der Waals surface area contributed by atoms with Crippen LogP contribution in [0.1, 0.15) is 11.1 Å². The first-order valence-electron chi connectivity index (χ1n) is 5.89. The van der Waals surface area contributed by atoms with E-state index in [1.54, 1.807) is 12.1 Å². The second-order valence-corrected chi connectivity index (χ2v) is 4.37. The fraction of sp³-hybridized carbons (Fsp3) is 0.143. The Hall–Kier alpha value is -2.63. The molecule has 0 bridgehead atoms. The van der Waals surface area contributed by atoms with Crippen LogP contribution in [0.2, 0.25) is 0 Å². The first-order chi connectivity index (χ1) is 9.47. The lowest BCUT2D eigenvalue weighted by molar-refractivity contribution is -0.383. The van der Waals surface area contributed by atoms with Gasteiger partial charge >= 0.3 is 0 Å². The molecule has 2 aromatic rings. The Morgan fingerprint density at radius 3 is 2.70 bits per heavy atom. The molecule has 0 fully saturated rings. The summed E-state index contributed by atoms with van der Waals surface area (Å²) in [6, 6.07) is 8.85. The zero-order valence-corrected chi connectivity index (χ0v) is 10.8. The van der Waals surface area contributed by atoms with E-state index in [2.05, 4.69) is 0 Å². The average Bonchev–Trinajstić information content (AvgIpc) is 2.39. The van der Waals surface area contributed by atoms with Crippen molar-refractivity contribution in [3.63, 3.8) is 0 Å². The maximum atomic E-state index is 13.5. The van der Waals surface area contributed by atoms with Crippen LogP contribution in [0.25, 0.3) is 0 Å². The van der Waals surface area contributed by atoms with Gasteiger partial charge in [0.1, 0.15) is 12.3 Å². The van der Waals surface area contributed by atoms with Crippen molar-refractivity contribution < 1.29 is 14.1 Å². The minimum absolute atomic E-state index is 0.0563. The Labute approximate surface area is 114 Å². The van der Waals surface area contributed by atoms with Gasteiger partial charge in [-0.3, -0.25) is 10.1 Å². The molecule has 2 N–H and O–H groups in total. The molecule has 0 radical (unpaired) electrons. The zero-order valence-electron chi connectivity index (χ0n) is 10.8. The number of aryl methyl sites for hydroxylation is 1. The lowest BCUT2D eigenvalue weighted by Crippen LogP contribution is -2.01.